The highest BCUT2D eigenvalue weighted by Crippen LogP contribution is 1.99. The third-order valence-electron chi connectivity index (χ3n) is 1.31. The Bertz CT molecular complexity index is 319. The maximum atomic E-state index is 5.11. The maximum Gasteiger partial charge on any atom is 0.248 e. The van der Waals surface area contributed by atoms with E-state index in [-0.39, 0.29) is 0 Å². The summed E-state index contributed by atoms with van der Waals surface area (Å²) < 4.78 is 9.72. The normalized spacial score (nSPS) is 11.8. The molecule has 6 heteroatoms. The molecule has 76 valence electrons. The van der Waals surface area contributed by atoms with Crippen molar-refractivity contribution in [2.45, 2.75) is 13.2 Å². The lowest BCUT2D eigenvalue weighted by Gasteiger charge is -1.86. The van der Waals surface area contributed by atoms with Crippen molar-refractivity contribution >= 4 is 6.21 Å². The van der Waals surface area contributed by atoms with E-state index in [4.69, 9.17) is 15.0 Å². The highest BCUT2D eigenvalue weighted by molar-refractivity contribution is 5.70. The standard InChI is InChI=1S/C8H12N4O2/c1-13-6-7-11-8(14-12-7)5-10-4-2-3-9/h2-4H,5-6,9H2,1H3/b3-2-,10-4?. The molecule has 0 spiro atoms. The lowest BCUT2D eigenvalue weighted by molar-refractivity contribution is 0.174. The first-order valence-electron chi connectivity index (χ1n) is 4.04. The topological polar surface area (TPSA) is 86.5 Å². The minimum Gasteiger partial charge on any atom is -0.405 e. The predicted molar refractivity (Wildman–Crippen MR) is 50.5 cm³/mol. The Labute approximate surface area is 81.5 Å². The number of hydrogen-bond acceptors (Lipinski definition) is 6. The Kier molecular flexibility index (Phi) is 4.36. The number of aromatic nitrogens is 2. The van der Waals surface area contributed by atoms with E-state index in [9.17, 15) is 0 Å². The van der Waals surface area contributed by atoms with Crippen LogP contribution in [-0.4, -0.2) is 23.5 Å². The van der Waals surface area contributed by atoms with Gasteiger partial charge in [0.1, 0.15) is 13.2 Å². The van der Waals surface area contributed by atoms with E-state index in [1.807, 2.05) is 0 Å². The van der Waals surface area contributed by atoms with Gasteiger partial charge in [-0.1, -0.05) is 5.16 Å². The van der Waals surface area contributed by atoms with Gasteiger partial charge in [-0.25, -0.2) is 0 Å². The summed E-state index contributed by atoms with van der Waals surface area (Å²) in [4.78, 5) is 8.00. The number of methoxy groups -OCH3 is 1. The molecule has 0 aromatic carbocycles. The zero-order valence-corrected chi connectivity index (χ0v) is 7.88. The first-order chi connectivity index (χ1) is 6.86. The zero-order valence-electron chi connectivity index (χ0n) is 7.88. The second-order valence-corrected chi connectivity index (χ2v) is 2.41. The molecule has 1 heterocycles. The molecule has 0 saturated heterocycles. The molecule has 1 aromatic rings. The number of nitrogens with zero attached hydrogens (tertiary/aromatic N) is 3. The highest BCUT2D eigenvalue weighted by Gasteiger charge is 2.03. The van der Waals surface area contributed by atoms with E-state index in [2.05, 4.69) is 15.1 Å². The van der Waals surface area contributed by atoms with Gasteiger partial charge in [0.15, 0.2) is 5.82 Å². The van der Waals surface area contributed by atoms with Crippen LogP contribution in [0.1, 0.15) is 11.7 Å². The van der Waals surface area contributed by atoms with Crippen molar-refractivity contribution in [2.24, 2.45) is 10.7 Å². The van der Waals surface area contributed by atoms with E-state index in [0.717, 1.165) is 0 Å². The lowest BCUT2D eigenvalue weighted by atomic mass is 10.6. The molecule has 0 bridgehead atoms. The van der Waals surface area contributed by atoms with Crippen LogP contribution >= 0.6 is 0 Å². The van der Waals surface area contributed by atoms with E-state index in [1.54, 1.807) is 19.4 Å². The van der Waals surface area contributed by atoms with Crippen molar-refractivity contribution in [2.75, 3.05) is 7.11 Å². The molecule has 0 unspecified atom stereocenters. The van der Waals surface area contributed by atoms with Gasteiger partial charge in [0, 0.05) is 13.3 Å². The van der Waals surface area contributed by atoms with Gasteiger partial charge >= 0.3 is 0 Å². The minimum atomic E-state index is 0.343. The first kappa shape index (κ1) is 10.4. The van der Waals surface area contributed by atoms with Crippen molar-refractivity contribution in [3.63, 3.8) is 0 Å². The van der Waals surface area contributed by atoms with Crippen molar-refractivity contribution in [1.29, 1.82) is 0 Å². The molecule has 0 atom stereocenters. The molecule has 1 aromatic heterocycles. The van der Waals surface area contributed by atoms with E-state index >= 15 is 0 Å². The third kappa shape index (κ3) is 3.36. The number of hydrogen-bond donors (Lipinski definition) is 1. The van der Waals surface area contributed by atoms with Crippen LogP contribution in [0.25, 0.3) is 0 Å². The van der Waals surface area contributed by atoms with Crippen molar-refractivity contribution in [3.8, 4) is 0 Å². The summed E-state index contributed by atoms with van der Waals surface area (Å²) in [6.45, 7) is 0.691. The lowest BCUT2D eigenvalue weighted by Crippen LogP contribution is -1.90. The predicted octanol–water partition coefficient (Wildman–Crippen LogP) is 0.259. The summed E-state index contributed by atoms with van der Waals surface area (Å²) >= 11 is 0. The van der Waals surface area contributed by atoms with Crippen LogP contribution in [-0.2, 0) is 17.9 Å². The number of nitrogens with two attached hydrogens (primary N) is 1. The number of allylic oxidation sites excluding steroid dienone is 1. The molecule has 0 aliphatic rings. The fraction of sp³-hybridized carbons (Fsp3) is 0.375. The van der Waals surface area contributed by atoms with Crippen molar-refractivity contribution in [1.82, 2.24) is 10.1 Å². The van der Waals surface area contributed by atoms with E-state index in [0.29, 0.717) is 24.9 Å². The molecule has 0 amide bonds. The molecule has 0 aliphatic carbocycles. The Morgan fingerprint density at radius 1 is 1.64 bits per heavy atom. The van der Waals surface area contributed by atoms with Gasteiger partial charge in [-0.2, -0.15) is 4.98 Å². The monoisotopic (exact) mass is 196 g/mol. The fourth-order valence-electron chi connectivity index (χ4n) is 0.783. The molecule has 0 aliphatic heterocycles. The van der Waals surface area contributed by atoms with Gasteiger partial charge in [-0.05, 0) is 12.3 Å². The van der Waals surface area contributed by atoms with Gasteiger partial charge in [0.05, 0.1) is 0 Å². The average Bonchev–Trinajstić information content (AvgIpc) is 2.61. The Balaban J connectivity index is 2.43. The minimum absolute atomic E-state index is 0.343. The molecule has 6 nitrogen and oxygen atoms in total. The number of rotatable bonds is 5. The van der Waals surface area contributed by atoms with E-state index < -0.39 is 0 Å². The van der Waals surface area contributed by atoms with Crippen molar-refractivity contribution < 1.29 is 9.26 Å². The second kappa shape index (κ2) is 5.87. The van der Waals surface area contributed by atoms with Gasteiger partial charge in [0.25, 0.3) is 0 Å². The molecular weight excluding hydrogens is 184 g/mol. The summed E-state index contributed by atoms with van der Waals surface area (Å²) in [7, 11) is 1.57. The molecule has 0 saturated carbocycles. The van der Waals surface area contributed by atoms with Crippen LogP contribution in [0.2, 0.25) is 0 Å². The van der Waals surface area contributed by atoms with Crippen molar-refractivity contribution in [3.05, 3.63) is 24.0 Å². The molecule has 14 heavy (non-hydrogen) atoms. The van der Waals surface area contributed by atoms with Crippen LogP contribution in [0.15, 0.2) is 21.8 Å². The van der Waals surface area contributed by atoms with Gasteiger partial charge in [-0.3, -0.25) is 4.99 Å². The van der Waals surface area contributed by atoms with E-state index in [1.165, 1.54) is 6.20 Å². The Hall–Kier alpha value is -1.69. The largest absolute Gasteiger partial charge is 0.405 e. The summed E-state index contributed by atoms with van der Waals surface area (Å²) in [5, 5.41) is 3.68. The molecule has 1 rings (SSSR count). The fourth-order valence-corrected chi connectivity index (χ4v) is 0.783. The van der Waals surface area contributed by atoms with Crippen LogP contribution in [0.5, 0.6) is 0 Å². The maximum absolute atomic E-state index is 5.11. The second-order valence-electron chi connectivity index (χ2n) is 2.41. The molecular formula is C8H12N4O2. The number of ether oxygens (including phenoxy) is 1. The molecule has 0 radical (unpaired) electrons. The third-order valence-corrected chi connectivity index (χ3v) is 1.31. The summed E-state index contributed by atoms with van der Waals surface area (Å²) in [6.07, 6.45) is 4.58. The SMILES string of the molecule is COCc1noc(CN=C/C=C\N)n1. The number of aliphatic imine (C=N–C) groups is 1. The summed E-state index contributed by atoms with van der Waals surface area (Å²) in [5.74, 6) is 0.978. The molecule has 0 fully saturated rings. The summed E-state index contributed by atoms with van der Waals surface area (Å²) in [6, 6.07) is 0. The van der Waals surface area contributed by atoms with Crippen LogP contribution in [0.4, 0.5) is 0 Å². The smallest absolute Gasteiger partial charge is 0.248 e. The molecule has 2 N–H and O–H groups in total. The van der Waals surface area contributed by atoms with Crippen LogP contribution < -0.4 is 5.73 Å². The van der Waals surface area contributed by atoms with Crippen LogP contribution in [0.3, 0.4) is 0 Å². The first-order valence-corrected chi connectivity index (χ1v) is 4.04. The highest BCUT2D eigenvalue weighted by atomic mass is 16.5. The Morgan fingerprint density at radius 3 is 3.21 bits per heavy atom. The van der Waals surface area contributed by atoms with Gasteiger partial charge < -0.3 is 15.0 Å². The summed E-state index contributed by atoms with van der Waals surface area (Å²) in [5.41, 5.74) is 5.11. The average molecular weight is 196 g/mol. The van der Waals surface area contributed by atoms with Gasteiger partial charge in [0.2, 0.25) is 5.89 Å². The van der Waals surface area contributed by atoms with Gasteiger partial charge in [-0.15, -0.1) is 0 Å². The van der Waals surface area contributed by atoms with Crippen LogP contribution in [0, 0.1) is 0 Å². The quantitative estimate of drug-likeness (QED) is 0.682. The Morgan fingerprint density at radius 2 is 2.50 bits per heavy atom. The zero-order chi connectivity index (χ0) is 10.2.